The second-order valence-electron chi connectivity index (χ2n) is 5.80. The van der Waals surface area contributed by atoms with Crippen LogP contribution in [0.4, 0.5) is 26.3 Å². The zero-order valence-electron chi connectivity index (χ0n) is 13.7. The van der Waals surface area contributed by atoms with Crippen molar-refractivity contribution in [2.45, 2.75) is 38.0 Å². The normalized spacial score (nSPS) is 19.5. The van der Waals surface area contributed by atoms with Gasteiger partial charge in [0.25, 0.3) is 0 Å². The largest absolute Gasteiger partial charge is 0.501 e. The number of halogens is 6. The number of allylic oxidation sites excluding steroid dienone is 8. The molecule has 0 unspecified atom stereocenters. The Balaban J connectivity index is 2.68. The molecular formula is C17H18F6O2. The molecule has 8 heteroatoms. The molecule has 0 N–H and O–H groups in total. The highest BCUT2D eigenvalue weighted by Gasteiger charge is 2.73. The summed E-state index contributed by atoms with van der Waals surface area (Å²) in [6, 6.07) is 0. The van der Waals surface area contributed by atoms with E-state index in [2.05, 4.69) is 0 Å². The first-order valence-electron chi connectivity index (χ1n) is 7.59. The average Bonchev–Trinajstić information content (AvgIpc) is 2.54. The Morgan fingerprint density at radius 1 is 0.640 bits per heavy atom. The Kier molecular flexibility index (Phi) is 5.30. The third-order valence-electron chi connectivity index (χ3n) is 4.56. The fourth-order valence-corrected chi connectivity index (χ4v) is 3.30. The second kappa shape index (κ2) is 6.80. The third-order valence-corrected chi connectivity index (χ3v) is 4.56. The maximum Gasteiger partial charge on any atom is 0.410 e. The summed E-state index contributed by atoms with van der Waals surface area (Å²) in [4.78, 5) is 0. The first-order chi connectivity index (χ1) is 11.6. The second-order valence-corrected chi connectivity index (χ2v) is 5.80. The summed E-state index contributed by atoms with van der Waals surface area (Å²) in [6.07, 6.45) is -7.69. The Labute approximate surface area is 141 Å². The van der Waals surface area contributed by atoms with E-state index in [1.807, 2.05) is 0 Å². The van der Waals surface area contributed by atoms with E-state index < -0.39 is 28.9 Å². The molecular weight excluding hydrogens is 350 g/mol. The standard InChI is InChI=1S/C17H18F6O2/c1-24-13-7-3-11(4-8-13)15(16(18,19)20,17(21,22)23)12-5-9-14(25-2)10-6-12/h3,5,7,9H,4,6,8,10H2,1-2H3. The van der Waals surface area contributed by atoms with Crippen molar-refractivity contribution < 1.29 is 35.8 Å². The summed E-state index contributed by atoms with van der Waals surface area (Å²) in [5.74, 6) is 0.697. The highest BCUT2D eigenvalue weighted by Crippen LogP contribution is 2.62. The van der Waals surface area contributed by atoms with Crippen LogP contribution in [0.5, 0.6) is 0 Å². The summed E-state index contributed by atoms with van der Waals surface area (Å²) in [5, 5.41) is 0. The lowest BCUT2D eigenvalue weighted by atomic mass is 9.67. The van der Waals surface area contributed by atoms with Crippen LogP contribution in [-0.4, -0.2) is 26.6 Å². The lowest BCUT2D eigenvalue weighted by Gasteiger charge is -2.42. The van der Waals surface area contributed by atoms with Gasteiger partial charge >= 0.3 is 12.4 Å². The van der Waals surface area contributed by atoms with E-state index in [0.717, 1.165) is 12.2 Å². The van der Waals surface area contributed by atoms with Gasteiger partial charge in [-0.1, -0.05) is 12.2 Å². The molecule has 0 saturated heterocycles. The Hall–Kier alpha value is -1.86. The number of rotatable bonds is 4. The van der Waals surface area contributed by atoms with Crippen molar-refractivity contribution >= 4 is 0 Å². The van der Waals surface area contributed by atoms with Crippen molar-refractivity contribution in [2.24, 2.45) is 5.41 Å². The van der Waals surface area contributed by atoms with E-state index in [1.165, 1.54) is 26.4 Å². The van der Waals surface area contributed by atoms with Crippen molar-refractivity contribution in [1.29, 1.82) is 0 Å². The molecule has 25 heavy (non-hydrogen) atoms. The minimum atomic E-state index is -5.51. The number of alkyl halides is 6. The number of methoxy groups -OCH3 is 2. The maximum atomic E-state index is 13.9. The predicted octanol–water partition coefficient (Wildman–Crippen LogP) is 5.60. The third kappa shape index (κ3) is 3.30. The molecule has 0 atom stereocenters. The van der Waals surface area contributed by atoms with Crippen LogP contribution in [0.15, 0.2) is 47.0 Å². The quantitative estimate of drug-likeness (QED) is 0.602. The molecule has 0 aliphatic heterocycles. The van der Waals surface area contributed by atoms with Crippen LogP contribution in [0.1, 0.15) is 25.7 Å². The molecule has 0 bridgehead atoms. The molecule has 0 amide bonds. The number of ether oxygens (including phenoxy) is 2. The maximum absolute atomic E-state index is 13.9. The van der Waals surface area contributed by atoms with Crippen LogP contribution >= 0.6 is 0 Å². The van der Waals surface area contributed by atoms with Crippen molar-refractivity contribution in [3.05, 3.63) is 47.0 Å². The molecule has 2 nitrogen and oxygen atoms in total. The summed E-state index contributed by atoms with van der Waals surface area (Å²) in [6.45, 7) is 0. The average molecular weight is 368 g/mol. The lowest BCUT2D eigenvalue weighted by molar-refractivity contribution is -0.312. The van der Waals surface area contributed by atoms with Crippen molar-refractivity contribution in [1.82, 2.24) is 0 Å². The van der Waals surface area contributed by atoms with Gasteiger partial charge in [-0.2, -0.15) is 26.3 Å². The summed E-state index contributed by atoms with van der Waals surface area (Å²) in [7, 11) is 2.65. The Morgan fingerprint density at radius 2 is 1.00 bits per heavy atom. The fourth-order valence-electron chi connectivity index (χ4n) is 3.30. The first kappa shape index (κ1) is 19.5. The van der Waals surface area contributed by atoms with Gasteiger partial charge in [0.1, 0.15) is 0 Å². The van der Waals surface area contributed by atoms with Crippen molar-refractivity contribution in [2.75, 3.05) is 14.2 Å². The van der Waals surface area contributed by atoms with E-state index in [4.69, 9.17) is 9.47 Å². The zero-order chi connectivity index (χ0) is 18.9. The highest BCUT2D eigenvalue weighted by molar-refractivity contribution is 5.42. The van der Waals surface area contributed by atoms with Gasteiger partial charge in [0.2, 0.25) is 5.41 Å². The molecule has 2 aliphatic carbocycles. The monoisotopic (exact) mass is 368 g/mol. The Bertz CT molecular complexity index is 579. The molecule has 0 saturated carbocycles. The molecule has 2 aliphatic rings. The Morgan fingerprint density at radius 3 is 1.20 bits per heavy atom. The molecule has 0 aromatic heterocycles. The van der Waals surface area contributed by atoms with E-state index in [0.29, 0.717) is 11.5 Å². The molecule has 0 fully saturated rings. The van der Waals surface area contributed by atoms with E-state index in [9.17, 15) is 26.3 Å². The molecule has 0 heterocycles. The smallest absolute Gasteiger partial charge is 0.410 e. The molecule has 0 spiro atoms. The first-order valence-corrected chi connectivity index (χ1v) is 7.59. The van der Waals surface area contributed by atoms with Crippen molar-refractivity contribution in [3.8, 4) is 0 Å². The van der Waals surface area contributed by atoms with Gasteiger partial charge in [-0.25, -0.2) is 0 Å². The van der Waals surface area contributed by atoms with E-state index in [-0.39, 0.29) is 25.7 Å². The van der Waals surface area contributed by atoms with Gasteiger partial charge in [0.15, 0.2) is 0 Å². The van der Waals surface area contributed by atoms with Gasteiger partial charge < -0.3 is 9.47 Å². The molecule has 2 rings (SSSR count). The van der Waals surface area contributed by atoms with Gasteiger partial charge in [-0.05, 0) is 36.1 Å². The van der Waals surface area contributed by atoms with Gasteiger partial charge in [0, 0.05) is 12.8 Å². The van der Waals surface area contributed by atoms with Crippen LogP contribution in [0.25, 0.3) is 0 Å². The number of hydrogen-bond acceptors (Lipinski definition) is 2. The van der Waals surface area contributed by atoms with Crippen LogP contribution in [0.2, 0.25) is 0 Å². The summed E-state index contributed by atoms with van der Waals surface area (Å²) >= 11 is 0. The summed E-state index contributed by atoms with van der Waals surface area (Å²) < 4.78 is 93.2. The lowest BCUT2D eigenvalue weighted by Crippen LogP contribution is -2.53. The number of hydrogen-bond donors (Lipinski definition) is 0. The summed E-state index contributed by atoms with van der Waals surface area (Å²) in [5.41, 5.74) is -5.42. The van der Waals surface area contributed by atoms with Crippen LogP contribution in [-0.2, 0) is 9.47 Å². The predicted molar refractivity (Wildman–Crippen MR) is 79.4 cm³/mol. The van der Waals surface area contributed by atoms with E-state index >= 15 is 0 Å². The molecule has 0 aromatic carbocycles. The zero-order valence-corrected chi connectivity index (χ0v) is 13.7. The van der Waals surface area contributed by atoms with Gasteiger partial charge in [-0.15, -0.1) is 0 Å². The van der Waals surface area contributed by atoms with Crippen molar-refractivity contribution in [3.63, 3.8) is 0 Å². The van der Waals surface area contributed by atoms with Crippen LogP contribution in [0, 0.1) is 5.41 Å². The van der Waals surface area contributed by atoms with Crippen LogP contribution in [0.3, 0.4) is 0 Å². The van der Waals surface area contributed by atoms with Gasteiger partial charge in [-0.3, -0.25) is 0 Å². The van der Waals surface area contributed by atoms with E-state index in [1.54, 1.807) is 0 Å². The molecule has 140 valence electrons. The minimum Gasteiger partial charge on any atom is -0.501 e. The minimum absolute atomic E-state index is 0.0112. The molecule has 0 radical (unpaired) electrons. The SMILES string of the molecule is COC1=CC=C(C(C2=CC=C(OC)CC2)(C(F)(F)F)C(F)(F)F)CC1. The fraction of sp³-hybridized carbons (Fsp3) is 0.529. The van der Waals surface area contributed by atoms with Crippen LogP contribution < -0.4 is 0 Å². The molecule has 0 aromatic rings. The highest BCUT2D eigenvalue weighted by atomic mass is 19.4. The van der Waals surface area contributed by atoms with Gasteiger partial charge in [0.05, 0.1) is 25.7 Å². The topological polar surface area (TPSA) is 18.5 Å².